The second kappa shape index (κ2) is 6.70. The maximum atomic E-state index is 12.9. The van der Waals surface area contributed by atoms with Gasteiger partial charge in [0.2, 0.25) is 15.9 Å². The van der Waals surface area contributed by atoms with Crippen molar-refractivity contribution in [2.75, 3.05) is 33.9 Å². The fraction of sp³-hybridized carbons (Fsp3) is 0.562. The van der Waals surface area contributed by atoms with Crippen molar-refractivity contribution in [3.63, 3.8) is 0 Å². The summed E-state index contributed by atoms with van der Waals surface area (Å²) in [7, 11) is -0.492. The summed E-state index contributed by atoms with van der Waals surface area (Å²) in [4.78, 5) is 14.2. The van der Waals surface area contributed by atoms with Crippen LogP contribution in [0.1, 0.15) is 12.8 Å². The summed E-state index contributed by atoms with van der Waals surface area (Å²) in [5, 5.41) is 0. The van der Waals surface area contributed by atoms with Crippen molar-refractivity contribution in [3.05, 3.63) is 24.3 Å². The number of hydrogen-bond acceptors (Lipinski definition) is 5. The predicted molar refractivity (Wildman–Crippen MR) is 87.3 cm³/mol. The molecule has 0 unspecified atom stereocenters. The minimum atomic E-state index is -3.62. The number of benzene rings is 1. The summed E-state index contributed by atoms with van der Waals surface area (Å²) in [5.41, 5.74) is 0. The predicted octanol–water partition coefficient (Wildman–Crippen LogP) is 0.706. The monoisotopic (exact) mass is 354 g/mol. The van der Waals surface area contributed by atoms with E-state index in [4.69, 9.17) is 9.47 Å². The third kappa shape index (κ3) is 2.89. The lowest BCUT2D eigenvalue weighted by molar-refractivity contribution is -0.129. The number of carbonyl (C=O) groups excluding carboxylic acids is 1. The van der Waals surface area contributed by atoms with Gasteiger partial charge in [0, 0.05) is 26.6 Å². The van der Waals surface area contributed by atoms with Crippen LogP contribution >= 0.6 is 0 Å². The lowest BCUT2D eigenvalue weighted by atomic mass is 10.1. The molecule has 2 heterocycles. The molecule has 0 spiro atoms. The highest BCUT2D eigenvalue weighted by atomic mass is 32.2. The van der Waals surface area contributed by atoms with Gasteiger partial charge in [0.05, 0.1) is 30.7 Å². The summed E-state index contributed by atoms with van der Waals surface area (Å²) in [6.45, 7) is 1.40. The molecule has 2 saturated heterocycles. The Morgan fingerprint density at radius 2 is 1.88 bits per heavy atom. The molecule has 132 valence electrons. The number of likely N-dealkylation sites (tertiary alicyclic amines) is 1. The van der Waals surface area contributed by atoms with Crippen LogP contribution in [0.15, 0.2) is 29.2 Å². The number of hydrogen-bond donors (Lipinski definition) is 0. The molecule has 2 fully saturated rings. The first-order chi connectivity index (χ1) is 11.5. The topological polar surface area (TPSA) is 76.2 Å². The maximum absolute atomic E-state index is 12.9. The Morgan fingerprint density at radius 1 is 1.17 bits per heavy atom. The third-order valence-corrected chi connectivity index (χ3v) is 6.70. The molecule has 7 nitrogen and oxygen atoms in total. The molecule has 0 bridgehead atoms. The fourth-order valence-corrected chi connectivity index (χ4v) is 5.22. The van der Waals surface area contributed by atoms with Gasteiger partial charge < -0.3 is 14.4 Å². The van der Waals surface area contributed by atoms with E-state index in [0.29, 0.717) is 31.9 Å². The highest BCUT2D eigenvalue weighted by Gasteiger charge is 2.50. The average molecular weight is 354 g/mol. The number of methoxy groups -OCH3 is 2. The zero-order chi connectivity index (χ0) is 17.3. The lowest BCUT2D eigenvalue weighted by Gasteiger charge is -2.25. The first-order valence-corrected chi connectivity index (χ1v) is 9.37. The summed E-state index contributed by atoms with van der Waals surface area (Å²) in [6, 6.07) is 6.00. The van der Waals surface area contributed by atoms with Crippen molar-refractivity contribution in [1.82, 2.24) is 9.21 Å². The van der Waals surface area contributed by atoms with Crippen LogP contribution in [0.2, 0.25) is 0 Å². The SMILES string of the molecule is COCCN1C(=O)C[C@H]2[C@H]1CCN2S(=O)(=O)c1ccc(OC)cc1. The van der Waals surface area contributed by atoms with Crippen molar-refractivity contribution in [2.24, 2.45) is 0 Å². The van der Waals surface area contributed by atoms with Crippen LogP contribution in [0, 0.1) is 0 Å². The molecule has 2 atom stereocenters. The Bertz CT molecular complexity index is 704. The Balaban J connectivity index is 1.81. The highest BCUT2D eigenvalue weighted by Crippen LogP contribution is 2.36. The first kappa shape index (κ1) is 17.2. The maximum Gasteiger partial charge on any atom is 0.243 e. The van der Waals surface area contributed by atoms with Crippen molar-refractivity contribution < 1.29 is 22.7 Å². The number of amides is 1. The number of carbonyl (C=O) groups is 1. The standard InChI is InChI=1S/C16H22N2O5S/c1-22-10-9-17-14-7-8-18(15(14)11-16(17)19)24(20,21)13-5-3-12(23-2)4-6-13/h3-6,14-15H,7-11H2,1-2H3/t14-,15+/m1/s1. The summed E-state index contributed by atoms with van der Waals surface area (Å²) in [6.07, 6.45) is 0.902. The molecule has 0 radical (unpaired) electrons. The zero-order valence-corrected chi connectivity index (χ0v) is 14.7. The van der Waals surface area contributed by atoms with Crippen LogP contribution in [0.4, 0.5) is 0 Å². The molecule has 1 amide bonds. The van der Waals surface area contributed by atoms with Gasteiger partial charge in [0.15, 0.2) is 0 Å². The van der Waals surface area contributed by atoms with Crippen LogP contribution in [-0.4, -0.2) is 69.5 Å². The van der Waals surface area contributed by atoms with Gasteiger partial charge in [-0.15, -0.1) is 0 Å². The molecule has 0 aliphatic carbocycles. The minimum absolute atomic E-state index is 0.00307. The van der Waals surface area contributed by atoms with Crippen LogP contribution < -0.4 is 4.74 Å². The second-order valence-electron chi connectivity index (χ2n) is 6.00. The molecular weight excluding hydrogens is 332 g/mol. The zero-order valence-electron chi connectivity index (χ0n) is 13.8. The number of fused-ring (bicyclic) bond motifs is 1. The molecule has 8 heteroatoms. The second-order valence-corrected chi connectivity index (χ2v) is 7.89. The van der Waals surface area contributed by atoms with E-state index in [1.165, 1.54) is 11.4 Å². The van der Waals surface area contributed by atoms with Crippen molar-refractivity contribution in [1.29, 1.82) is 0 Å². The normalized spacial score (nSPS) is 24.4. The van der Waals surface area contributed by atoms with Crippen LogP contribution in [-0.2, 0) is 19.6 Å². The van der Waals surface area contributed by atoms with Gasteiger partial charge >= 0.3 is 0 Å². The minimum Gasteiger partial charge on any atom is -0.497 e. The summed E-state index contributed by atoms with van der Waals surface area (Å²) in [5.74, 6) is 0.603. The molecule has 2 aliphatic heterocycles. The molecule has 0 saturated carbocycles. The van der Waals surface area contributed by atoms with Gasteiger partial charge in [-0.1, -0.05) is 0 Å². The molecule has 2 aliphatic rings. The number of rotatable bonds is 6. The third-order valence-electron chi connectivity index (χ3n) is 4.77. The van der Waals surface area contributed by atoms with Gasteiger partial charge in [-0.25, -0.2) is 8.42 Å². The van der Waals surface area contributed by atoms with Crippen molar-refractivity contribution >= 4 is 15.9 Å². The van der Waals surface area contributed by atoms with Crippen molar-refractivity contribution in [3.8, 4) is 5.75 Å². The molecule has 1 aromatic rings. The quantitative estimate of drug-likeness (QED) is 0.752. The Morgan fingerprint density at radius 3 is 2.50 bits per heavy atom. The largest absolute Gasteiger partial charge is 0.497 e. The van der Waals surface area contributed by atoms with Gasteiger partial charge in [-0.2, -0.15) is 4.31 Å². The molecular formula is C16H22N2O5S. The van der Waals surface area contributed by atoms with E-state index in [0.717, 1.165) is 0 Å². The average Bonchev–Trinajstić information content (AvgIpc) is 3.11. The van der Waals surface area contributed by atoms with Gasteiger partial charge in [0.25, 0.3) is 0 Å². The van der Waals surface area contributed by atoms with Crippen LogP contribution in [0.3, 0.4) is 0 Å². The highest BCUT2D eigenvalue weighted by molar-refractivity contribution is 7.89. The number of nitrogens with zero attached hydrogens (tertiary/aromatic N) is 2. The summed E-state index contributed by atoms with van der Waals surface area (Å²) >= 11 is 0. The molecule has 0 N–H and O–H groups in total. The lowest BCUT2D eigenvalue weighted by Crippen LogP contribution is -2.40. The number of ether oxygens (including phenoxy) is 2. The van der Waals surface area contributed by atoms with E-state index in [-0.39, 0.29) is 29.3 Å². The van der Waals surface area contributed by atoms with E-state index in [1.54, 1.807) is 36.3 Å². The van der Waals surface area contributed by atoms with Crippen LogP contribution in [0.25, 0.3) is 0 Å². The van der Waals surface area contributed by atoms with E-state index in [1.807, 2.05) is 0 Å². The van der Waals surface area contributed by atoms with Gasteiger partial charge in [0.1, 0.15) is 5.75 Å². The Kier molecular flexibility index (Phi) is 4.80. The van der Waals surface area contributed by atoms with E-state index in [9.17, 15) is 13.2 Å². The summed E-state index contributed by atoms with van der Waals surface area (Å²) < 4.78 is 37.5. The van der Waals surface area contributed by atoms with Gasteiger partial charge in [-0.3, -0.25) is 4.79 Å². The molecule has 0 aromatic heterocycles. The Hall–Kier alpha value is -1.64. The number of sulfonamides is 1. The van der Waals surface area contributed by atoms with Crippen LogP contribution in [0.5, 0.6) is 5.75 Å². The van der Waals surface area contributed by atoms with E-state index < -0.39 is 10.0 Å². The smallest absolute Gasteiger partial charge is 0.243 e. The Labute approximate surface area is 142 Å². The molecule has 24 heavy (non-hydrogen) atoms. The van der Waals surface area contributed by atoms with E-state index >= 15 is 0 Å². The molecule has 3 rings (SSSR count). The fourth-order valence-electron chi connectivity index (χ4n) is 3.55. The first-order valence-electron chi connectivity index (χ1n) is 7.93. The van der Waals surface area contributed by atoms with Gasteiger partial charge in [-0.05, 0) is 30.7 Å². The van der Waals surface area contributed by atoms with E-state index in [2.05, 4.69) is 0 Å². The molecule has 1 aromatic carbocycles. The van der Waals surface area contributed by atoms with Crippen molar-refractivity contribution in [2.45, 2.75) is 29.8 Å².